The number of rotatable bonds is 10. The molecule has 2 unspecified atom stereocenters. The van der Waals surface area contributed by atoms with Crippen molar-refractivity contribution in [3.63, 3.8) is 0 Å². The van der Waals surface area contributed by atoms with Gasteiger partial charge in [0.1, 0.15) is 18.0 Å². The fourth-order valence-corrected chi connectivity index (χ4v) is 5.09. The van der Waals surface area contributed by atoms with Crippen LogP contribution in [0.2, 0.25) is 0 Å². The number of carbonyl (C=O) groups is 2. The molecule has 41 heavy (non-hydrogen) atoms. The Morgan fingerprint density at radius 2 is 1.88 bits per heavy atom. The quantitative estimate of drug-likeness (QED) is 0.256. The first-order valence-electron chi connectivity index (χ1n) is 13.6. The Kier molecular flexibility index (Phi) is 8.76. The molecule has 0 bridgehead atoms. The lowest BCUT2D eigenvalue weighted by Crippen LogP contribution is -2.34. The molecule has 0 radical (unpaired) electrons. The standard InChI is InChI=1S/C32H34N4O5/c1-35(20-22-9-15-28(40-2)16-10-22)30(24-6-5-7-25(18-24)32(38)39)31(37)34-27-13-11-23(12-14-27)26-19-33-36(21-26)29-8-3-4-17-41-29/h5-7,9-16,18-19,21,29-30H,3-4,8,17,20H2,1-2H3,(H,34,37)(H,38,39). The van der Waals surface area contributed by atoms with Gasteiger partial charge < -0.3 is 19.9 Å². The topological polar surface area (TPSA) is 106 Å². The third kappa shape index (κ3) is 6.82. The molecule has 212 valence electrons. The van der Waals surface area contributed by atoms with Crippen LogP contribution in [0, 0.1) is 0 Å². The molecule has 2 heterocycles. The summed E-state index contributed by atoms with van der Waals surface area (Å²) in [5.41, 5.74) is 4.30. The van der Waals surface area contributed by atoms with Crippen LogP contribution in [-0.2, 0) is 16.1 Å². The zero-order valence-corrected chi connectivity index (χ0v) is 23.2. The largest absolute Gasteiger partial charge is 0.497 e. The van der Waals surface area contributed by atoms with Gasteiger partial charge >= 0.3 is 5.97 Å². The van der Waals surface area contributed by atoms with E-state index in [9.17, 15) is 14.7 Å². The van der Waals surface area contributed by atoms with Crippen molar-refractivity contribution in [2.75, 3.05) is 26.1 Å². The predicted molar refractivity (Wildman–Crippen MR) is 156 cm³/mol. The van der Waals surface area contributed by atoms with Crippen LogP contribution >= 0.6 is 0 Å². The highest BCUT2D eigenvalue weighted by Gasteiger charge is 2.26. The van der Waals surface area contributed by atoms with Crippen LogP contribution in [0.3, 0.4) is 0 Å². The van der Waals surface area contributed by atoms with Crippen LogP contribution in [0.1, 0.15) is 53.0 Å². The third-order valence-corrected chi connectivity index (χ3v) is 7.27. The van der Waals surface area contributed by atoms with Crippen molar-refractivity contribution in [1.29, 1.82) is 0 Å². The monoisotopic (exact) mass is 554 g/mol. The summed E-state index contributed by atoms with van der Waals surface area (Å²) < 4.78 is 13.0. The van der Waals surface area contributed by atoms with Crippen LogP contribution in [0.25, 0.3) is 11.1 Å². The van der Waals surface area contributed by atoms with Crippen LogP contribution in [0.4, 0.5) is 5.69 Å². The number of anilines is 1. The first-order chi connectivity index (χ1) is 19.9. The number of benzene rings is 3. The van der Waals surface area contributed by atoms with Crippen molar-refractivity contribution in [1.82, 2.24) is 14.7 Å². The Bertz CT molecular complexity index is 1480. The molecular weight excluding hydrogens is 520 g/mol. The molecule has 1 amide bonds. The number of hydrogen-bond acceptors (Lipinski definition) is 6. The second-order valence-corrected chi connectivity index (χ2v) is 10.2. The van der Waals surface area contributed by atoms with E-state index in [0.29, 0.717) is 17.8 Å². The molecule has 1 aromatic heterocycles. The van der Waals surface area contributed by atoms with Crippen molar-refractivity contribution in [2.24, 2.45) is 0 Å². The van der Waals surface area contributed by atoms with E-state index in [4.69, 9.17) is 9.47 Å². The van der Waals surface area contributed by atoms with Crippen molar-refractivity contribution >= 4 is 17.6 Å². The van der Waals surface area contributed by atoms with Crippen molar-refractivity contribution in [2.45, 2.75) is 38.1 Å². The second kappa shape index (κ2) is 12.8. The lowest BCUT2D eigenvalue weighted by molar-refractivity contribution is -0.121. The molecule has 0 aliphatic carbocycles. The summed E-state index contributed by atoms with van der Waals surface area (Å²) >= 11 is 0. The van der Waals surface area contributed by atoms with E-state index < -0.39 is 12.0 Å². The third-order valence-electron chi connectivity index (χ3n) is 7.27. The van der Waals surface area contributed by atoms with Crippen molar-refractivity contribution in [3.8, 4) is 16.9 Å². The Hall–Kier alpha value is -4.47. The van der Waals surface area contributed by atoms with Crippen molar-refractivity contribution < 1.29 is 24.2 Å². The minimum atomic E-state index is -1.04. The first-order valence-corrected chi connectivity index (χ1v) is 13.6. The average Bonchev–Trinajstić information content (AvgIpc) is 3.49. The Morgan fingerprint density at radius 3 is 2.56 bits per heavy atom. The number of methoxy groups -OCH3 is 1. The van der Waals surface area contributed by atoms with E-state index in [1.165, 1.54) is 6.07 Å². The minimum absolute atomic E-state index is 0.0254. The maximum absolute atomic E-state index is 13.7. The lowest BCUT2D eigenvalue weighted by Gasteiger charge is -2.28. The fourth-order valence-electron chi connectivity index (χ4n) is 5.09. The molecule has 2 N–H and O–H groups in total. The van der Waals surface area contributed by atoms with Crippen LogP contribution in [0.5, 0.6) is 5.75 Å². The number of aromatic carboxylic acids is 1. The summed E-state index contributed by atoms with van der Waals surface area (Å²) in [4.78, 5) is 27.3. The van der Waals surface area contributed by atoms with Crippen LogP contribution in [-0.4, -0.2) is 52.4 Å². The van der Waals surface area contributed by atoms with Gasteiger partial charge in [-0.25, -0.2) is 9.48 Å². The van der Waals surface area contributed by atoms with Gasteiger partial charge in [-0.05, 0) is 79.4 Å². The number of aromatic nitrogens is 2. The van der Waals surface area contributed by atoms with E-state index in [1.54, 1.807) is 25.3 Å². The maximum Gasteiger partial charge on any atom is 0.335 e. The van der Waals surface area contributed by atoms with Gasteiger partial charge in [0, 0.05) is 30.6 Å². The average molecular weight is 555 g/mol. The highest BCUT2D eigenvalue weighted by Crippen LogP contribution is 2.28. The van der Waals surface area contributed by atoms with Gasteiger partial charge in [0.25, 0.3) is 0 Å². The molecule has 5 rings (SSSR count). The van der Waals surface area contributed by atoms with E-state index in [2.05, 4.69) is 10.4 Å². The number of hydrogen-bond donors (Lipinski definition) is 2. The lowest BCUT2D eigenvalue weighted by atomic mass is 10.0. The predicted octanol–water partition coefficient (Wildman–Crippen LogP) is 5.77. The van der Waals surface area contributed by atoms with E-state index in [0.717, 1.165) is 48.3 Å². The molecule has 2 atom stereocenters. The Labute approximate surface area is 239 Å². The molecule has 9 heteroatoms. The summed E-state index contributed by atoms with van der Waals surface area (Å²) in [6.45, 7) is 1.22. The van der Waals surface area contributed by atoms with Crippen molar-refractivity contribution in [3.05, 3.63) is 102 Å². The molecule has 1 aliphatic heterocycles. The number of nitrogens with one attached hydrogen (secondary N) is 1. The number of amides is 1. The zero-order valence-electron chi connectivity index (χ0n) is 23.2. The van der Waals surface area contributed by atoms with E-state index in [1.807, 2.05) is 77.6 Å². The summed E-state index contributed by atoms with van der Waals surface area (Å²) in [6, 6.07) is 21.0. The van der Waals surface area contributed by atoms with E-state index in [-0.39, 0.29) is 17.7 Å². The molecule has 4 aromatic rings. The fraction of sp³-hybridized carbons (Fsp3) is 0.281. The number of ether oxygens (including phenoxy) is 2. The number of likely N-dealkylation sites (N-methyl/N-ethyl adjacent to an activating group) is 1. The van der Waals surface area contributed by atoms with Gasteiger partial charge in [-0.3, -0.25) is 9.69 Å². The van der Waals surface area contributed by atoms with Gasteiger partial charge in [0.15, 0.2) is 0 Å². The van der Waals surface area contributed by atoms with Gasteiger partial charge in [-0.15, -0.1) is 0 Å². The van der Waals surface area contributed by atoms with Gasteiger partial charge in [-0.2, -0.15) is 5.10 Å². The zero-order chi connectivity index (χ0) is 28.8. The van der Waals surface area contributed by atoms with Gasteiger partial charge in [0.2, 0.25) is 5.91 Å². The molecule has 0 saturated carbocycles. The molecule has 1 fully saturated rings. The molecule has 1 saturated heterocycles. The van der Waals surface area contributed by atoms with Gasteiger partial charge in [0.05, 0.1) is 18.9 Å². The summed E-state index contributed by atoms with van der Waals surface area (Å²) in [6.07, 6.45) is 6.96. The highest BCUT2D eigenvalue weighted by molar-refractivity contribution is 5.96. The smallest absolute Gasteiger partial charge is 0.335 e. The summed E-state index contributed by atoms with van der Waals surface area (Å²) in [7, 11) is 3.46. The summed E-state index contributed by atoms with van der Waals surface area (Å²) in [5.74, 6) is -0.561. The molecule has 1 aliphatic rings. The second-order valence-electron chi connectivity index (χ2n) is 10.2. The van der Waals surface area contributed by atoms with E-state index >= 15 is 0 Å². The molecule has 3 aromatic carbocycles. The number of carboxylic acids is 1. The van der Waals surface area contributed by atoms with Crippen LogP contribution < -0.4 is 10.1 Å². The molecule has 9 nitrogen and oxygen atoms in total. The molecular formula is C32H34N4O5. The number of nitrogens with zero attached hydrogens (tertiary/aromatic N) is 3. The maximum atomic E-state index is 13.7. The molecule has 0 spiro atoms. The Morgan fingerprint density at radius 1 is 1.10 bits per heavy atom. The van der Waals surface area contributed by atoms with Gasteiger partial charge in [-0.1, -0.05) is 36.4 Å². The highest BCUT2D eigenvalue weighted by atomic mass is 16.5. The normalized spacial score (nSPS) is 15.8. The first kappa shape index (κ1) is 28.1. The van der Waals surface area contributed by atoms with Crippen LogP contribution in [0.15, 0.2) is 85.2 Å². The SMILES string of the molecule is COc1ccc(CN(C)C(C(=O)Nc2ccc(-c3cnn(C4CCCCO4)c3)cc2)c2cccc(C(=O)O)c2)cc1. The minimum Gasteiger partial charge on any atom is -0.497 e. The number of carbonyl (C=O) groups excluding carboxylic acids is 1. The Balaban J connectivity index is 1.34. The number of carboxylic acid groups (broad SMARTS) is 1. The summed E-state index contributed by atoms with van der Waals surface area (Å²) in [5, 5.41) is 17.1.